The smallest absolute Gasteiger partial charge is 0.255 e. The van der Waals surface area contributed by atoms with Gasteiger partial charge in [0.15, 0.2) is 11.5 Å². The molecule has 0 saturated carbocycles. The van der Waals surface area contributed by atoms with E-state index in [2.05, 4.69) is 5.32 Å². The quantitative estimate of drug-likeness (QED) is 0.734. The molecule has 1 amide bonds. The van der Waals surface area contributed by atoms with E-state index in [-0.39, 0.29) is 12.5 Å². The van der Waals surface area contributed by atoms with Crippen LogP contribution in [-0.2, 0) is 6.61 Å². The summed E-state index contributed by atoms with van der Waals surface area (Å²) >= 11 is 6.28. The molecule has 0 heterocycles. The second-order valence-electron chi connectivity index (χ2n) is 5.38. The average Bonchev–Trinajstić information content (AvgIpc) is 2.61. The van der Waals surface area contributed by atoms with Crippen LogP contribution in [0.3, 0.4) is 0 Å². The van der Waals surface area contributed by atoms with E-state index in [0.717, 1.165) is 6.42 Å². The first-order valence-corrected chi connectivity index (χ1v) is 8.57. The molecule has 0 saturated heterocycles. The Morgan fingerprint density at radius 2 is 2.00 bits per heavy atom. The highest BCUT2D eigenvalue weighted by Crippen LogP contribution is 2.37. The van der Waals surface area contributed by atoms with Gasteiger partial charge < -0.3 is 19.9 Å². The summed E-state index contributed by atoms with van der Waals surface area (Å²) in [4.78, 5) is 12.5. The van der Waals surface area contributed by atoms with Gasteiger partial charge in [-0.2, -0.15) is 0 Å². The van der Waals surface area contributed by atoms with Crippen molar-refractivity contribution in [2.45, 2.75) is 26.9 Å². The molecule has 2 aromatic rings. The number of halogens is 1. The molecule has 2 N–H and O–H groups in total. The molecule has 0 atom stereocenters. The minimum atomic E-state index is -0.319. The highest BCUT2D eigenvalue weighted by Gasteiger charge is 2.16. The Bertz CT molecular complexity index is 733. The molecule has 0 aliphatic carbocycles. The number of rotatable bonds is 8. The molecule has 6 heteroatoms. The normalized spacial score (nSPS) is 10.4. The van der Waals surface area contributed by atoms with Crippen LogP contribution < -0.4 is 14.8 Å². The van der Waals surface area contributed by atoms with E-state index < -0.39 is 0 Å². The third kappa shape index (κ3) is 5.11. The van der Waals surface area contributed by atoms with Crippen LogP contribution in [0, 0.1) is 0 Å². The van der Waals surface area contributed by atoms with Crippen molar-refractivity contribution < 1.29 is 19.4 Å². The summed E-state index contributed by atoms with van der Waals surface area (Å²) in [7, 11) is 0. The Hall–Kier alpha value is -2.24. The van der Waals surface area contributed by atoms with Gasteiger partial charge in [0.2, 0.25) is 0 Å². The maximum absolute atomic E-state index is 12.5. The zero-order valence-electron chi connectivity index (χ0n) is 14.3. The third-order valence-electron chi connectivity index (χ3n) is 3.39. The molecular weight excluding hydrogens is 342 g/mol. The fraction of sp³-hybridized carbons (Fsp3) is 0.316. The first-order valence-electron chi connectivity index (χ1n) is 8.19. The maximum atomic E-state index is 12.5. The zero-order chi connectivity index (χ0) is 18.2. The van der Waals surface area contributed by atoms with Crippen LogP contribution in [-0.4, -0.2) is 24.2 Å². The standard InChI is InChI=1S/C19H22ClNO4/c1-3-8-25-18-16(20)10-14(11-17(18)24-4-2)19(23)21-15-7-5-6-13(9-15)12-22/h5-7,9-11,22H,3-4,8,12H2,1-2H3,(H,21,23). The summed E-state index contributed by atoms with van der Waals surface area (Å²) in [6, 6.07) is 10.2. The maximum Gasteiger partial charge on any atom is 0.255 e. The van der Waals surface area contributed by atoms with Gasteiger partial charge in [-0.15, -0.1) is 0 Å². The molecule has 0 fully saturated rings. The number of carbonyl (C=O) groups excluding carboxylic acids is 1. The number of anilines is 1. The number of ether oxygens (including phenoxy) is 2. The SMILES string of the molecule is CCCOc1c(Cl)cc(C(=O)Nc2cccc(CO)c2)cc1OCC. The highest BCUT2D eigenvalue weighted by atomic mass is 35.5. The van der Waals surface area contributed by atoms with Gasteiger partial charge in [-0.25, -0.2) is 0 Å². The van der Waals surface area contributed by atoms with Gasteiger partial charge >= 0.3 is 0 Å². The number of hydrogen-bond acceptors (Lipinski definition) is 4. The lowest BCUT2D eigenvalue weighted by Gasteiger charge is -2.15. The molecule has 2 aromatic carbocycles. The minimum absolute atomic E-state index is 0.0898. The van der Waals surface area contributed by atoms with Gasteiger partial charge in [0, 0.05) is 11.3 Å². The van der Waals surface area contributed by atoms with Gasteiger partial charge in [-0.3, -0.25) is 4.79 Å². The average molecular weight is 364 g/mol. The lowest BCUT2D eigenvalue weighted by Crippen LogP contribution is -2.13. The fourth-order valence-corrected chi connectivity index (χ4v) is 2.52. The predicted molar refractivity (Wildman–Crippen MR) is 98.7 cm³/mol. The molecule has 0 radical (unpaired) electrons. The molecule has 0 spiro atoms. The van der Waals surface area contributed by atoms with Crippen molar-refractivity contribution in [2.75, 3.05) is 18.5 Å². The van der Waals surface area contributed by atoms with Crippen molar-refractivity contribution in [1.82, 2.24) is 0 Å². The van der Waals surface area contributed by atoms with Crippen LogP contribution in [0.25, 0.3) is 0 Å². The van der Waals surface area contributed by atoms with Crippen molar-refractivity contribution in [2.24, 2.45) is 0 Å². The molecule has 25 heavy (non-hydrogen) atoms. The third-order valence-corrected chi connectivity index (χ3v) is 3.67. The van der Waals surface area contributed by atoms with Crippen molar-refractivity contribution in [1.29, 1.82) is 0 Å². The largest absolute Gasteiger partial charge is 0.490 e. The Morgan fingerprint density at radius 3 is 2.68 bits per heavy atom. The summed E-state index contributed by atoms with van der Waals surface area (Å²) < 4.78 is 11.2. The number of carbonyl (C=O) groups is 1. The van der Waals surface area contributed by atoms with Gasteiger partial charge in [0.1, 0.15) is 0 Å². The first-order chi connectivity index (χ1) is 12.1. The number of aliphatic hydroxyl groups excluding tert-OH is 1. The lowest BCUT2D eigenvalue weighted by molar-refractivity contribution is 0.102. The van der Waals surface area contributed by atoms with Gasteiger partial charge in [-0.1, -0.05) is 30.7 Å². The molecule has 0 bridgehead atoms. The molecular formula is C19H22ClNO4. The van der Waals surface area contributed by atoms with Crippen LogP contribution in [0.5, 0.6) is 11.5 Å². The Balaban J connectivity index is 2.26. The second kappa shape index (κ2) is 9.30. The summed E-state index contributed by atoms with van der Waals surface area (Å²) in [5, 5.41) is 12.3. The first kappa shape index (κ1) is 19.1. The molecule has 0 aliphatic rings. The van der Waals surface area contributed by atoms with Gasteiger partial charge in [0.25, 0.3) is 5.91 Å². The van der Waals surface area contributed by atoms with E-state index in [1.807, 2.05) is 13.8 Å². The van der Waals surface area contributed by atoms with E-state index in [0.29, 0.717) is 46.5 Å². The van der Waals surface area contributed by atoms with Crippen molar-refractivity contribution in [3.8, 4) is 11.5 Å². The van der Waals surface area contributed by atoms with Crippen LogP contribution in [0.4, 0.5) is 5.69 Å². The van der Waals surface area contributed by atoms with Crippen molar-refractivity contribution in [3.63, 3.8) is 0 Å². The van der Waals surface area contributed by atoms with Gasteiger partial charge in [0.05, 0.1) is 24.8 Å². The predicted octanol–water partition coefficient (Wildman–Crippen LogP) is 4.27. The topological polar surface area (TPSA) is 67.8 Å². The number of nitrogens with one attached hydrogen (secondary N) is 1. The molecule has 0 aromatic heterocycles. The summed E-state index contributed by atoms with van der Waals surface area (Å²) in [6.07, 6.45) is 0.839. The summed E-state index contributed by atoms with van der Waals surface area (Å²) in [5.41, 5.74) is 1.68. The minimum Gasteiger partial charge on any atom is -0.490 e. The van der Waals surface area contributed by atoms with Crippen LogP contribution in [0.1, 0.15) is 36.2 Å². The molecule has 0 aliphatic heterocycles. The summed E-state index contributed by atoms with van der Waals surface area (Å²) in [6.45, 7) is 4.70. The van der Waals surface area contributed by atoms with E-state index in [4.69, 9.17) is 21.1 Å². The van der Waals surface area contributed by atoms with Crippen molar-refractivity contribution >= 4 is 23.2 Å². The Morgan fingerprint density at radius 1 is 1.20 bits per heavy atom. The van der Waals surface area contributed by atoms with Crippen LogP contribution in [0.15, 0.2) is 36.4 Å². The molecule has 2 rings (SSSR count). The van der Waals surface area contributed by atoms with Crippen molar-refractivity contribution in [3.05, 3.63) is 52.5 Å². The zero-order valence-corrected chi connectivity index (χ0v) is 15.1. The number of hydrogen-bond donors (Lipinski definition) is 2. The Labute approximate surface area is 152 Å². The molecule has 0 unspecified atom stereocenters. The van der Waals surface area contributed by atoms with E-state index in [9.17, 15) is 9.90 Å². The molecule has 134 valence electrons. The number of benzene rings is 2. The fourth-order valence-electron chi connectivity index (χ4n) is 2.26. The van der Waals surface area contributed by atoms with E-state index in [1.54, 1.807) is 36.4 Å². The van der Waals surface area contributed by atoms with Gasteiger partial charge in [-0.05, 0) is 43.2 Å². The van der Waals surface area contributed by atoms with E-state index in [1.165, 1.54) is 0 Å². The number of amides is 1. The lowest BCUT2D eigenvalue weighted by atomic mass is 10.1. The summed E-state index contributed by atoms with van der Waals surface area (Å²) in [5.74, 6) is 0.571. The van der Waals surface area contributed by atoms with E-state index >= 15 is 0 Å². The Kier molecular flexibility index (Phi) is 7.10. The monoisotopic (exact) mass is 363 g/mol. The highest BCUT2D eigenvalue weighted by molar-refractivity contribution is 6.32. The second-order valence-corrected chi connectivity index (χ2v) is 5.79. The van der Waals surface area contributed by atoms with Crippen LogP contribution >= 0.6 is 11.6 Å². The van der Waals surface area contributed by atoms with Crippen LogP contribution in [0.2, 0.25) is 5.02 Å². The molecule has 5 nitrogen and oxygen atoms in total. The number of aliphatic hydroxyl groups is 1.